The van der Waals surface area contributed by atoms with Crippen LogP contribution < -0.4 is 5.73 Å². The monoisotopic (exact) mass is 205 g/mol. The average Bonchev–Trinajstić information content (AvgIpc) is 2.83. The van der Waals surface area contributed by atoms with Crippen LogP contribution in [0.15, 0.2) is 24.7 Å². The quantitative estimate of drug-likeness (QED) is 0.781. The highest BCUT2D eigenvalue weighted by molar-refractivity contribution is 5.00. The van der Waals surface area contributed by atoms with Crippen LogP contribution in [0.25, 0.3) is 0 Å². The van der Waals surface area contributed by atoms with Gasteiger partial charge in [-0.2, -0.15) is 5.10 Å². The third-order valence-corrected chi connectivity index (χ3v) is 2.48. The Morgan fingerprint density at radius 3 is 2.93 bits per heavy atom. The second-order valence-electron chi connectivity index (χ2n) is 3.45. The molecule has 80 valence electrons. The van der Waals surface area contributed by atoms with Crippen LogP contribution in [0.1, 0.15) is 11.5 Å². The van der Waals surface area contributed by atoms with Crippen LogP contribution in [0.2, 0.25) is 0 Å². The van der Waals surface area contributed by atoms with Crippen molar-refractivity contribution in [2.75, 3.05) is 0 Å². The molecule has 5 nitrogen and oxygen atoms in total. The highest BCUT2D eigenvalue weighted by Crippen LogP contribution is 2.01. The lowest BCUT2D eigenvalue weighted by molar-refractivity contribution is 0.565. The van der Waals surface area contributed by atoms with Crippen LogP contribution in [0.3, 0.4) is 0 Å². The van der Waals surface area contributed by atoms with Crippen molar-refractivity contribution in [3.63, 3.8) is 0 Å². The number of hydrogen-bond acceptors (Lipinski definition) is 3. The second-order valence-corrected chi connectivity index (χ2v) is 3.45. The molecule has 0 spiro atoms. The van der Waals surface area contributed by atoms with Crippen molar-refractivity contribution in [1.82, 2.24) is 19.3 Å². The Labute approximate surface area is 88.5 Å². The number of hydrogen-bond donors (Lipinski definition) is 1. The van der Waals surface area contributed by atoms with Crippen LogP contribution in [-0.4, -0.2) is 19.3 Å². The predicted octanol–water partition coefficient (Wildman–Crippen LogP) is 0.318. The molecule has 5 heteroatoms. The molecule has 2 aromatic heterocycles. The second kappa shape index (κ2) is 4.27. The smallest absolute Gasteiger partial charge is 0.110 e. The molecule has 0 saturated heterocycles. The van der Waals surface area contributed by atoms with Crippen LogP contribution in [0, 0.1) is 0 Å². The minimum absolute atomic E-state index is 0.528. The largest absolute Gasteiger partial charge is 0.338 e. The van der Waals surface area contributed by atoms with Crippen molar-refractivity contribution in [2.24, 2.45) is 12.8 Å². The number of rotatable bonds is 4. The molecule has 15 heavy (non-hydrogen) atoms. The van der Waals surface area contributed by atoms with Crippen molar-refractivity contribution in [1.29, 1.82) is 0 Å². The van der Waals surface area contributed by atoms with Gasteiger partial charge in [-0.3, -0.25) is 4.68 Å². The van der Waals surface area contributed by atoms with E-state index in [0.29, 0.717) is 6.54 Å². The topological polar surface area (TPSA) is 61.7 Å². The van der Waals surface area contributed by atoms with Gasteiger partial charge in [0.05, 0.1) is 5.69 Å². The van der Waals surface area contributed by atoms with Gasteiger partial charge in [0.25, 0.3) is 0 Å². The van der Waals surface area contributed by atoms with E-state index >= 15 is 0 Å². The minimum atomic E-state index is 0.528. The molecule has 0 saturated carbocycles. The molecular formula is C10H15N5. The SMILES string of the molecule is Cn1ccnc1CCn1nccc1CN. The Hall–Kier alpha value is -1.62. The van der Waals surface area contributed by atoms with Crippen molar-refractivity contribution >= 4 is 0 Å². The maximum atomic E-state index is 5.59. The summed E-state index contributed by atoms with van der Waals surface area (Å²) in [5.41, 5.74) is 6.65. The third kappa shape index (κ3) is 2.07. The summed E-state index contributed by atoms with van der Waals surface area (Å²) in [7, 11) is 2.00. The summed E-state index contributed by atoms with van der Waals surface area (Å²) >= 11 is 0. The number of nitrogens with zero attached hydrogens (tertiary/aromatic N) is 4. The van der Waals surface area contributed by atoms with E-state index < -0.39 is 0 Å². The normalized spacial score (nSPS) is 10.8. The van der Waals surface area contributed by atoms with Crippen LogP contribution >= 0.6 is 0 Å². The van der Waals surface area contributed by atoms with E-state index in [9.17, 15) is 0 Å². The number of aromatic nitrogens is 4. The van der Waals surface area contributed by atoms with Gasteiger partial charge in [-0.15, -0.1) is 0 Å². The molecule has 0 fully saturated rings. The number of nitrogens with two attached hydrogens (primary N) is 1. The van der Waals surface area contributed by atoms with E-state index in [1.165, 1.54) is 0 Å². The van der Waals surface area contributed by atoms with Gasteiger partial charge in [-0.05, 0) is 6.07 Å². The Kier molecular flexibility index (Phi) is 2.82. The molecule has 0 aliphatic carbocycles. The van der Waals surface area contributed by atoms with E-state index in [0.717, 1.165) is 24.5 Å². The molecule has 0 aliphatic rings. The van der Waals surface area contributed by atoms with Gasteiger partial charge < -0.3 is 10.3 Å². The molecular weight excluding hydrogens is 190 g/mol. The molecule has 0 aromatic carbocycles. The van der Waals surface area contributed by atoms with E-state index in [2.05, 4.69) is 10.1 Å². The maximum Gasteiger partial charge on any atom is 0.110 e. The van der Waals surface area contributed by atoms with Crippen molar-refractivity contribution in [2.45, 2.75) is 19.5 Å². The van der Waals surface area contributed by atoms with E-state index in [4.69, 9.17) is 5.73 Å². The van der Waals surface area contributed by atoms with E-state index in [1.54, 1.807) is 6.20 Å². The highest BCUT2D eigenvalue weighted by atomic mass is 15.3. The number of aryl methyl sites for hydroxylation is 3. The standard InChI is InChI=1S/C10H15N5/c1-14-7-5-12-10(14)3-6-15-9(8-11)2-4-13-15/h2,4-5,7H,3,6,8,11H2,1H3. The fourth-order valence-corrected chi connectivity index (χ4v) is 1.58. The zero-order chi connectivity index (χ0) is 10.7. The summed E-state index contributed by atoms with van der Waals surface area (Å²) in [6.45, 7) is 1.35. The first-order valence-electron chi connectivity index (χ1n) is 4.98. The van der Waals surface area contributed by atoms with E-state index in [1.807, 2.05) is 34.8 Å². The van der Waals surface area contributed by atoms with Crippen LogP contribution in [-0.2, 0) is 26.6 Å². The van der Waals surface area contributed by atoms with Crippen molar-refractivity contribution in [3.8, 4) is 0 Å². The van der Waals surface area contributed by atoms with Crippen LogP contribution in [0.4, 0.5) is 0 Å². The third-order valence-electron chi connectivity index (χ3n) is 2.48. The average molecular weight is 205 g/mol. The van der Waals surface area contributed by atoms with Gasteiger partial charge in [0.1, 0.15) is 5.82 Å². The van der Waals surface area contributed by atoms with Gasteiger partial charge in [0.2, 0.25) is 0 Å². The lowest BCUT2D eigenvalue weighted by atomic mass is 10.3. The van der Waals surface area contributed by atoms with Crippen molar-refractivity contribution in [3.05, 3.63) is 36.2 Å². The van der Waals surface area contributed by atoms with Gasteiger partial charge in [0.15, 0.2) is 0 Å². The molecule has 0 atom stereocenters. The summed E-state index contributed by atoms with van der Waals surface area (Å²) in [6, 6.07) is 1.94. The van der Waals surface area contributed by atoms with Gasteiger partial charge >= 0.3 is 0 Å². The lowest BCUT2D eigenvalue weighted by Gasteiger charge is -2.05. The Bertz CT molecular complexity index is 428. The lowest BCUT2D eigenvalue weighted by Crippen LogP contribution is -2.12. The fourth-order valence-electron chi connectivity index (χ4n) is 1.58. The number of imidazole rings is 1. The molecule has 2 aromatic rings. The molecule has 0 unspecified atom stereocenters. The van der Waals surface area contributed by atoms with Gasteiger partial charge in [0, 0.05) is 45.1 Å². The minimum Gasteiger partial charge on any atom is -0.338 e. The Morgan fingerprint density at radius 2 is 2.27 bits per heavy atom. The molecule has 2 N–H and O–H groups in total. The first-order valence-corrected chi connectivity index (χ1v) is 4.98. The fraction of sp³-hybridized carbons (Fsp3) is 0.400. The first-order chi connectivity index (χ1) is 7.31. The highest BCUT2D eigenvalue weighted by Gasteiger charge is 2.03. The maximum absolute atomic E-state index is 5.59. The summed E-state index contributed by atoms with van der Waals surface area (Å²) in [4.78, 5) is 4.26. The summed E-state index contributed by atoms with van der Waals surface area (Å²) in [5, 5.41) is 4.22. The van der Waals surface area contributed by atoms with E-state index in [-0.39, 0.29) is 0 Å². The molecule has 0 radical (unpaired) electrons. The summed E-state index contributed by atoms with van der Waals surface area (Å²) in [6.07, 6.45) is 6.41. The zero-order valence-electron chi connectivity index (χ0n) is 8.80. The Morgan fingerprint density at radius 1 is 1.40 bits per heavy atom. The molecule has 0 aliphatic heterocycles. The van der Waals surface area contributed by atoms with Crippen molar-refractivity contribution < 1.29 is 0 Å². The molecule has 0 bridgehead atoms. The zero-order valence-corrected chi connectivity index (χ0v) is 8.80. The predicted molar refractivity (Wildman–Crippen MR) is 57.0 cm³/mol. The first kappa shape index (κ1) is 9.92. The molecule has 0 amide bonds. The van der Waals surface area contributed by atoms with Gasteiger partial charge in [-0.1, -0.05) is 0 Å². The summed E-state index contributed by atoms with van der Waals surface area (Å²) < 4.78 is 3.94. The van der Waals surface area contributed by atoms with Gasteiger partial charge in [-0.25, -0.2) is 4.98 Å². The Balaban J connectivity index is 2.02. The molecule has 2 rings (SSSR count). The summed E-state index contributed by atoms with van der Waals surface area (Å²) in [5.74, 6) is 1.06. The molecule has 2 heterocycles. The van der Waals surface area contributed by atoms with Crippen LogP contribution in [0.5, 0.6) is 0 Å².